The lowest BCUT2D eigenvalue weighted by Crippen LogP contribution is -2.39. The topological polar surface area (TPSA) is 76.1 Å². The van der Waals surface area contributed by atoms with Crippen LogP contribution in [0.4, 0.5) is 0 Å². The van der Waals surface area contributed by atoms with Crippen LogP contribution in [0.5, 0.6) is 0 Å². The fraction of sp³-hybridized carbons (Fsp3) is 0.200. The van der Waals surface area contributed by atoms with Crippen LogP contribution in [0.15, 0.2) is 52.9 Å². The first-order chi connectivity index (χ1) is 13.4. The minimum Gasteiger partial charge on any atom is -0.302 e. The number of thiazole rings is 1. The lowest BCUT2D eigenvalue weighted by Gasteiger charge is -2.16. The lowest BCUT2D eigenvalue weighted by molar-refractivity contribution is -0.110. The van der Waals surface area contributed by atoms with Gasteiger partial charge in [-0.15, -0.1) is 22.7 Å². The van der Waals surface area contributed by atoms with Crippen molar-refractivity contribution in [2.45, 2.75) is 24.8 Å². The Balaban J connectivity index is 1.78. The summed E-state index contributed by atoms with van der Waals surface area (Å²) in [5, 5.41) is 4.80. The highest BCUT2D eigenvalue weighted by Gasteiger charge is 2.22. The summed E-state index contributed by atoms with van der Waals surface area (Å²) in [4.78, 5) is 15.7. The number of rotatable bonds is 6. The van der Waals surface area contributed by atoms with Crippen LogP contribution in [0, 0.1) is 5.92 Å². The monoisotopic (exact) mass is 430 g/mol. The molecule has 1 atom stereocenters. The van der Waals surface area contributed by atoms with E-state index in [1.165, 1.54) is 0 Å². The summed E-state index contributed by atoms with van der Waals surface area (Å²) in [6.07, 6.45) is 2.42. The first-order valence-corrected chi connectivity index (χ1v) is 11.9. The molecular weight excluding hydrogens is 412 g/mol. The lowest BCUT2D eigenvalue weighted by atomic mass is 10.1. The zero-order chi connectivity index (χ0) is 19.9. The third kappa shape index (κ3) is 3.48. The van der Waals surface area contributed by atoms with E-state index in [2.05, 4.69) is 15.8 Å². The number of sulfonamides is 1. The Kier molecular flexibility index (Phi) is 5.05. The molecule has 0 amide bonds. The summed E-state index contributed by atoms with van der Waals surface area (Å²) in [7, 11) is -3.78. The summed E-state index contributed by atoms with van der Waals surface area (Å²) in [6.45, 7) is 3.61. The van der Waals surface area contributed by atoms with E-state index in [1.54, 1.807) is 54.9 Å². The van der Waals surface area contributed by atoms with Crippen LogP contribution in [0.2, 0.25) is 0 Å². The van der Waals surface area contributed by atoms with Crippen molar-refractivity contribution in [2.75, 3.05) is 0 Å². The number of carbonyl (C=O) groups excluding carboxylic acids is 1. The molecule has 4 aromatic rings. The van der Waals surface area contributed by atoms with E-state index in [1.807, 2.05) is 23.6 Å². The molecule has 0 spiro atoms. The molecule has 2 heterocycles. The number of nitrogens with one attached hydrogen (secondary N) is 1. The van der Waals surface area contributed by atoms with Gasteiger partial charge in [0.15, 0.2) is 0 Å². The maximum Gasteiger partial charge on any atom is 0.241 e. The summed E-state index contributed by atoms with van der Waals surface area (Å²) in [6, 6.07) is 10.5. The first-order valence-electron chi connectivity index (χ1n) is 8.73. The smallest absolute Gasteiger partial charge is 0.241 e. The molecule has 8 heteroatoms. The van der Waals surface area contributed by atoms with E-state index in [9.17, 15) is 13.2 Å². The maximum absolute atomic E-state index is 12.7. The molecule has 5 nitrogen and oxygen atoms in total. The molecule has 0 aliphatic heterocycles. The number of nitrogens with zero attached hydrogens (tertiary/aromatic N) is 1. The van der Waals surface area contributed by atoms with E-state index in [0.717, 1.165) is 30.7 Å². The minimum atomic E-state index is -3.78. The predicted molar refractivity (Wildman–Crippen MR) is 115 cm³/mol. The summed E-state index contributed by atoms with van der Waals surface area (Å²) < 4.78 is 30.1. The van der Waals surface area contributed by atoms with Gasteiger partial charge < -0.3 is 4.79 Å². The molecule has 0 saturated carbocycles. The normalized spacial score (nSPS) is 13.4. The van der Waals surface area contributed by atoms with Gasteiger partial charge in [0.05, 0.1) is 10.9 Å². The molecule has 0 unspecified atom stereocenters. The highest BCUT2D eigenvalue weighted by atomic mass is 32.2. The number of aldehydes is 1. The molecule has 0 aliphatic rings. The van der Waals surface area contributed by atoms with Crippen LogP contribution in [0.25, 0.3) is 30.7 Å². The van der Waals surface area contributed by atoms with E-state index >= 15 is 0 Å². The van der Waals surface area contributed by atoms with E-state index < -0.39 is 16.1 Å². The van der Waals surface area contributed by atoms with Gasteiger partial charge in [-0.25, -0.2) is 18.1 Å². The molecule has 0 bridgehead atoms. The molecule has 144 valence electrons. The van der Waals surface area contributed by atoms with Gasteiger partial charge in [-0.3, -0.25) is 0 Å². The Morgan fingerprint density at radius 3 is 2.57 bits per heavy atom. The molecule has 1 N–H and O–H groups in total. The van der Waals surface area contributed by atoms with E-state index in [4.69, 9.17) is 0 Å². The number of hydrogen-bond acceptors (Lipinski definition) is 6. The highest BCUT2D eigenvalue weighted by molar-refractivity contribution is 7.89. The van der Waals surface area contributed by atoms with Gasteiger partial charge in [0.25, 0.3) is 0 Å². The zero-order valence-corrected chi connectivity index (χ0v) is 17.7. The largest absolute Gasteiger partial charge is 0.302 e. The van der Waals surface area contributed by atoms with Crippen molar-refractivity contribution >= 4 is 59.2 Å². The van der Waals surface area contributed by atoms with Gasteiger partial charge in [-0.05, 0) is 30.2 Å². The van der Waals surface area contributed by atoms with E-state index in [-0.39, 0.29) is 10.8 Å². The van der Waals surface area contributed by atoms with Crippen molar-refractivity contribution < 1.29 is 13.2 Å². The average molecular weight is 431 g/mol. The number of thiophene rings is 1. The Bertz CT molecular complexity index is 1260. The Morgan fingerprint density at radius 2 is 1.89 bits per heavy atom. The molecule has 2 aromatic carbocycles. The Hall–Kier alpha value is -2.13. The van der Waals surface area contributed by atoms with Crippen LogP contribution in [0.1, 0.15) is 13.8 Å². The van der Waals surface area contributed by atoms with Crippen LogP contribution < -0.4 is 4.72 Å². The van der Waals surface area contributed by atoms with E-state index in [0.29, 0.717) is 6.29 Å². The van der Waals surface area contributed by atoms with Crippen LogP contribution in [0.3, 0.4) is 0 Å². The van der Waals surface area contributed by atoms with Gasteiger partial charge in [-0.1, -0.05) is 26.0 Å². The molecule has 28 heavy (non-hydrogen) atoms. The van der Waals surface area contributed by atoms with Gasteiger partial charge in [-0.2, -0.15) is 0 Å². The van der Waals surface area contributed by atoms with Gasteiger partial charge >= 0.3 is 0 Å². The van der Waals surface area contributed by atoms with Gasteiger partial charge in [0.2, 0.25) is 10.0 Å². The quantitative estimate of drug-likeness (QED) is 0.451. The fourth-order valence-corrected chi connectivity index (χ4v) is 6.09. The predicted octanol–water partition coefficient (Wildman–Crippen LogP) is 4.68. The molecule has 0 fully saturated rings. The third-order valence-corrected chi connectivity index (χ3v) is 8.00. The molecule has 0 saturated heterocycles. The minimum absolute atomic E-state index is 0.123. The van der Waals surface area contributed by atoms with Crippen LogP contribution >= 0.6 is 22.7 Å². The Morgan fingerprint density at radius 1 is 1.07 bits per heavy atom. The number of carbonyl (C=O) groups is 1. The van der Waals surface area contributed by atoms with Crippen LogP contribution in [-0.2, 0) is 14.8 Å². The van der Waals surface area contributed by atoms with Crippen molar-refractivity contribution in [1.82, 2.24) is 9.71 Å². The Labute approximate surface area is 171 Å². The third-order valence-electron chi connectivity index (χ3n) is 4.59. The molecule has 0 radical (unpaired) electrons. The summed E-state index contributed by atoms with van der Waals surface area (Å²) in [5.74, 6) is -0.123. The second kappa shape index (κ2) is 7.36. The van der Waals surface area contributed by atoms with Crippen LogP contribution in [-0.4, -0.2) is 25.7 Å². The fourth-order valence-electron chi connectivity index (χ4n) is 2.99. The summed E-state index contributed by atoms with van der Waals surface area (Å²) in [5.41, 5.74) is 1.05. The van der Waals surface area contributed by atoms with Crippen molar-refractivity contribution in [3.05, 3.63) is 48.0 Å². The van der Waals surface area contributed by atoms with Gasteiger partial charge in [0.1, 0.15) is 11.3 Å². The second-order valence-electron chi connectivity index (χ2n) is 6.84. The molecular formula is C20H18N2O3S3. The molecule has 4 rings (SSSR count). The molecule has 0 aliphatic carbocycles. The maximum atomic E-state index is 12.7. The van der Waals surface area contributed by atoms with Crippen molar-refractivity contribution in [1.29, 1.82) is 0 Å². The SMILES string of the molecule is CC(C)[C@H](C=O)NS(=O)(=O)c1ccc2sc3cc(-c4nccs4)ccc3c2c1. The second-order valence-corrected chi connectivity index (χ2v) is 10.5. The number of hydrogen-bond donors (Lipinski definition) is 1. The first kappa shape index (κ1) is 19.2. The molecule has 2 aromatic heterocycles. The zero-order valence-electron chi connectivity index (χ0n) is 15.2. The van der Waals surface area contributed by atoms with Gasteiger partial charge in [0, 0.05) is 37.3 Å². The number of benzene rings is 2. The highest BCUT2D eigenvalue weighted by Crippen LogP contribution is 2.37. The number of fused-ring (bicyclic) bond motifs is 3. The average Bonchev–Trinajstić information content (AvgIpc) is 3.32. The number of aromatic nitrogens is 1. The van der Waals surface area contributed by atoms with Crippen molar-refractivity contribution in [2.24, 2.45) is 5.92 Å². The standard InChI is InChI=1S/C20H18N2O3S3/c1-12(2)17(11-23)22-28(24,25)14-4-6-18-16(10-14)15-5-3-13(9-19(15)27-18)20-21-7-8-26-20/h3-12,17,22H,1-2H3/t17-/m0/s1. The van der Waals surface area contributed by atoms with Crippen molar-refractivity contribution in [3.8, 4) is 10.6 Å². The summed E-state index contributed by atoms with van der Waals surface area (Å²) >= 11 is 3.21. The van der Waals surface area contributed by atoms with Crippen molar-refractivity contribution in [3.63, 3.8) is 0 Å².